The third kappa shape index (κ3) is 2.70. The van der Waals surface area contributed by atoms with Gasteiger partial charge in [-0.15, -0.1) is 0 Å². The van der Waals surface area contributed by atoms with Gasteiger partial charge in [0.15, 0.2) is 5.03 Å². The van der Waals surface area contributed by atoms with E-state index in [1.54, 1.807) is 22.7 Å². The van der Waals surface area contributed by atoms with Gasteiger partial charge in [-0.05, 0) is 18.9 Å². The van der Waals surface area contributed by atoms with E-state index in [-0.39, 0.29) is 17.0 Å². The number of piperidine rings is 1. The molecule has 1 saturated heterocycles. The molecule has 1 fully saturated rings. The van der Waals surface area contributed by atoms with Crippen molar-refractivity contribution in [2.75, 3.05) is 13.1 Å². The fraction of sp³-hybridized carbons (Fsp3) is 0.600. The molecule has 0 radical (unpaired) electrons. The molecule has 0 aromatic carbocycles. The zero-order valence-electron chi connectivity index (χ0n) is 10.1. The lowest BCUT2D eigenvalue weighted by atomic mass is 10.1. The minimum atomic E-state index is -3.74. The Morgan fingerprint density at radius 2 is 2.06 bits per heavy atom. The molecule has 0 unspecified atom stereocenters. The van der Waals surface area contributed by atoms with Crippen LogP contribution in [0.1, 0.15) is 25.8 Å². The first kappa shape index (κ1) is 13.0. The number of carbonyl (C=O) groups excluding carboxylic acids is 1. The number of likely N-dealkylation sites (tertiary alicyclic amines) is 1. The first-order chi connectivity index (χ1) is 8.38. The molecule has 100 valence electrons. The Bertz CT molecular complexity index is 543. The molecule has 2 N–H and O–H groups in total. The van der Waals surface area contributed by atoms with Gasteiger partial charge in [0.25, 0.3) is 10.0 Å². The van der Waals surface area contributed by atoms with E-state index < -0.39 is 10.0 Å². The van der Waals surface area contributed by atoms with Crippen LogP contribution in [0.2, 0.25) is 0 Å². The molecular formula is C10H16N4O3S. The van der Waals surface area contributed by atoms with Gasteiger partial charge in [-0.25, -0.2) is 13.6 Å². The van der Waals surface area contributed by atoms with Gasteiger partial charge in [-0.2, -0.15) is 5.10 Å². The Kier molecular flexibility index (Phi) is 3.40. The summed E-state index contributed by atoms with van der Waals surface area (Å²) < 4.78 is 23.9. The summed E-state index contributed by atoms with van der Waals surface area (Å²) in [6.45, 7) is 2.89. The predicted molar refractivity (Wildman–Crippen MR) is 64.1 cm³/mol. The summed E-state index contributed by atoms with van der Waals surface area (Å²) in [7, 11) is -3.74. The lowest BCUT2D eigenvalue weighted by molar-refractivity contribution is -0.130. The van der Waals surface area contributed by atoms with Crippen LogP contribution in [0.25, 0.3) is 0 Å². The number of rotatable bonds is 2. The molecule has 1 aromatic rings. The van der Waals surface area contributed by atoms with E-state index in [0.29, 0.717) is 13.1 Å². The summed E-state index contributed by atoms with van der Waals surface area (Å²) in [5.41, 5.74) is 0. The molecule has 8 heteroatoms. The Morgan fingerprint density at radius 1 is 1.44 bits per heavy atom. The van der Waals surface area contributed by atoms with E-state index in [1.165, 1.54) is 6.07 Å². The Hall–Kier alpha value is -1.41. The van der Waals surface area contributed by atoms with E-state index in [0.717, 1.165) is 12.8 Å². The molecule has 0 bridgehead atoms. The van der Waals surface area contributed by atoms with Crippen molar-refractivity contribution in [1.82, 2.24) is 14.7 Å². The molecule has 1 aliphatic rings. The predicted octanol–water partition coefficient (Wildman–Crippen LogP) is -0.286. The summed E-state index contributed by atoms with van der Waals surface area (Å²) in [5, 5.41) is 8.87. The third-order valence-electron chi connectivity index (χ3n) is 3.16. The van der Waals surface area contributed by atoms with Gasteiger partial charge in [-0.1, -0.05) is 0 Å². The van der Waals surface area contributed by atoms with Gasteiger partial charge >= 0.3 is 0 Å². The fourth-order valence-corrected chi connectivity index (χ4v) is 2.58. The van der Waals surface area contributed by atoms with E-state index in [1.807, 2.05) is 0 Å². The molecule has 2 rings (SSSR count). The molecule has 0 saturated carbocycles. The summed E-state index contributed by atoms with van der Waals surface area (Å²) in [5.74, 6) is 0.0686. The van der Waals surface area contributed by atoms with Crippen LogP contribution >= 0.6 is 0 Å². The third-order valence-corrected chi connectivity index (χ3v) is 3.96. The van der Waals surface area contributed by atoms with Gasteiger partial charge in [-0.3, -0.25) is 9.48 Å². The smallest absolute Gasteiger partial charge is 0.257 e. The highest BCUT2D eigenvalue weighted by Crippen LogP contribution is 2.22. The van der Waals surface area contributed by atoms with Crippen LogP contribution in [0.4, 0.5) is 0 Å². The van der Waals surface area contributed by atoms with Crippen LogP contribution in [0.5, 0.6) is 0 Å². The second-order valence-electron chi connectivity index (χ2n) is 4.42. The maximum absolute atomic E-state index is 11.2. The van der Waals surface area contributed by atoms with E-state index in [9.17, 15) is 13.2 Å². The largest absolute Gasteiger partial charge is 0.343 e. The number of hydrogen-bond donors (Lipinski definition) is 1. The number of primary sulfonamides is 1. The van der Waals surface area contributed by atoms with Gasteiger partial charge in [0.1, 0.15) is 0 Å². The van der Waals surface area contributed by atoms with Crippen molar-refractivity contribution in [2.45, 2.75) is 30.8 Å². The second kappa shape index (κ2) is 4.69. The van der Waals surface area contributed by atoms with Crippen LogP contribution in [0.3, 0.4) is 0 Å². The van der Waals surface area contributed by atoms with Crippen LogP contribution in [-0.2, 0) is 14.8 Å². The molecule has 18 heavy (non-hydrogen) atoms. The van der Waals surface area contributed by atoms with Gasteiger partial charge < -0.3 is 4.90 Å². The SMILES string of the molecule is CC(=O)N1CCC(n2ccc(S(N)(=O)=O)n2)CC1. The zero-order valence-corrected chi connectivity index (χ0v) is 10.9. The van der Waals surface area contributed by atoms with Crippen molar-refractivity contribution in [1.29, 1.82) is 0 Å². The molecule has 1 aromatic heterocycles. The van der Waals surface area contributed by atoms with Crippen molar-refractivity contribution < 1.29 is 13.2 Å². The molecule has 7 nitrogen and oxygen atoms in total. The van der Waals surface area contributed by atoms with E-state index in [2.05, 4.69) is 5.10 Å². The average Bonchev–Trinajstić information content (AvgIpc) is 2.78. The normalized spacial score (nSPS) is 18.0. The molecular weight excluding hydrogens is 256 g/mol. The highest BCUT2D eigenvalue weighted by atomic mass is 32.2. The maximum atomic E-state index is 11.2. The molecule has 0 aliphatic carbocycles. The average molecular weight is 272 g/mol. The number of sulfonamides is 1. The molecule has 0 atom stereocenters. The minimum Gasteiger partial charge on any atom is -0.343 e. The van der Waals surface area contributed by atoms with E-state index in [4.69, 9.17) is 5.14 Å². The topological polar surface area (TPSA) is 98.3 Å². The van der Waals surface area contributed by atoms with Crippen molar-refractivity contribution >= 4 is 15.9 Å². The number of nitrogens with two attached hydrogens (primary N) is 1. The van der Waals surface area contributed by atoms with E-state index >= 15 is 0 Å². The zero-order chi connectivity index (χ0) is 13.3. The number of aromatic nitrogens is 2. The molecule has 2 heterocycles. The number of hydrogen-bond acceptors (Lipinski definition) is 4. The lowest BCUT2D eigenvalue weighted by Gasteiger charge is -2.31. The van der Waals surface area contributed by atoms with Gasteiger partial charge in [0, 0.05) is 26.2 Å². The quantitative estimate of drug-likeness (QED) is 0.800. The van der Waals surface area contributed by atoms with Crippen molar-refractivity contribution in [3.05, 3.63) is 12.3 Å². The maximum Gasteiger partial charge on any atom is 0.257 e. The molecule has 1 amide bonds. The van der Waals surface area contributed by atoms with Crippen LogP contribution in [0.15, 0.2) is 17.3 Å². The lowest BCUT2D eigenvalue weighted by Crippen LogP contribution is -2.37. The van der Waals surface area contributed by atoms with Crippen molar-refractivity contribution in [3.63, 3.8) is 0 Å². The molecule has 0 spiro atoms. The van der Waals surface area contributed by atoms with Crippen LogP contribution in [-0.4, -0.2) is 42.1 Å². The summed E-state index contributed by atoms with van der Waals surface area (Å²) in [4.78, 5) is 13.0. The van der Waals surface area contributed by atoms with Gasteiger partial charge in [0.05, 0.1) is 6.04 Å². The summed E-state index contributed by atoms with van der Waals surface area (Å²) >= 11 is 0. The summed E-state index contributed by atoms with van der Waals surface area (Å²) in [6, 6.07) is 1.52. The fourth-order valence-electron chi connectivity index (χ4n) is 2.12. The Labute approximate surface area is 106 Å². The standard InChI is InChI=1S/C10H16N4O3S/c1-8(15)13-5-2-9(3-6-13)14-7-4-10(12-14)18(11,16)17/h4,7,9H,2-3,5-6H2,1H3,(H2,11,16,17). The van der Waals surface area contributed by atoms with Crippen LogP contribution in [0, 0.1) is 0 Å². The Morgan fingerprint density at radius 3 is 2.50 bits per heavy atom. The number of amides is 1. The van der Waals surface area contributed by atoms with Gasteiger partial charge in [0.2, 0.25) is 5.91 Å². The second-order valence-corrected chi connectivity index (χ2v) is 5.92. The summed E-state index contributed by atoms with van der Waals surface area (Å²) in [6.07, 6.45) is 3.16. The number of carbonyl (C=O) groups is 1. The minimum absolute atomic E-state index is 0.0686. The van der Waals surface area contributed by atoms with Crippen LogP contribution < -0.4 is 5.14 Å². The Balaban J connectivity index is 2.06. The first-order valence-corrected chi connectivity index (χ1v) is 7.26. The first-order valence-electron chi connectivity index (χ1n) is 5.71. The van der Waals surface area contributed by atoms with Crippen molar-refractivity contribution in [2.24, 2.45) is 5.14 Å². The highest BCUT2D eigenvalue weighted by molar-refractivity contribution is 7.89. The highest BCUT2D eigenvalue weighted by Gasteiger charge is 2.23. The monoisotopic (exact) mass is 272 g/mol. The van der Waals surface area contributed by atoms with Crippen molar-refractivity contribution in [3.8, 4) is 0 Å². The number of nitrogens with zero attached hydrogens (tertiary/aromatic N) is 3. The molecule has 1 aliphatic heterocycles.